The van der Waals surface area contributed by atoms with Crippen LogP contribution in [-0.4, -0.2) is 93.5 Å². The second-order valence-electron chi connectivity index (χ2n) is 10.7. The predicted molar refractivity (Wildman–Crippen MR) is 128 cm³/mol. The molecule has 35 heavy (non-hydrogen) atoms. The highest BCUT2D eigenvalue weighted by Crippen LogP contribution is 2.59. The molecular formula is C24H29ClN6O4. The van der Waals surface area contributed by atoms with Crippen LogP contribution < -0.4 is 14.4 Å². The number of ether oxygens (including phenoxy) is 2. The van der Waals surface area contributed by atoms with Crippen LogP contribution in [0, 0.1) is 11.8 Å². The summed E-state index contributed by atoms with van der Waals surface area (Å²) in [5.41, 5.74) is 0.673. The van der Waals surface area contributed by atoms with Gasteiger partial charge >= 0.3 is 12.1 Å². The van der Waals surface area contributed by atoms with Gasteiger partial charge in [0, 0.05) is 25.8 Å². The maximum absolute atomic E-state index is 11.8. The molecule has 7 rings (SSSR count). The minimum Gasteiger partial charge on any atom is -0.491 e. The first kappa shape index (κ1) is 21.7. The molecule has 4 aliphatic heterocycles. The number of amides is 1. The summed E-state index contributed by atoms with van der Waals surface area (Å²) in [5, 5.41) is 10.6. The van der Waals surface area contributed by atoms with Crippen LogP contribution in [0.1, 0.15) is 32.1 Å². The van der Waals surface area contributed by atoms with Gasteiger partial charge in [0.15, 0.2) is 10.9 Å². The van der Waals surface area contributed by atoms with Crippen LogP contribution in [0.3, 0.4) is 0 Å². The van der Waals surface area contributed by atoms with E-state index >= 15 is 0 Å². The van der Waals surface area contributed by atoms with Gasteiger partial charge < -0.3 is 19.5 Å². The number of methoxy groups -OCH3 is 1. The quantitative estimate of drug-likeness (QED) is 0.620. The fourth-order valence-electron chi connectivity index (χ4n) is 7.38. The van der Waals surface area contributed by atoms with Crippen molar-refractivity contribution in [3.63, 3.8) is 0 Å². The second-order valence-corrected chi connectivity index (χ2v) is 11.1. The van der Waals surface area contributed by atoms with Gasteiger partial charge in [-0.15, -0.1) is 0 Å². The van der Waals surface area contributed by atoms with Gasteiger partial charge in [-0.05, 0) is 50.5 Å². The van der Waals surface area contributed by atoms with Crippen LogP contribution >= 0.6 is 11.6 Å². The smallest absolute Gasteiger partial charge is 0.407 e. The molecule has 5 fully saturated rings. The van der Waals surface area contributed by atoms with Gasteiger partial charge in [-0.3, -0.25) is 9.80 Å². The second kappa shape index (κ2) is 7.70. The topological polar surface area (TPSA) is 104 Å². The van der Waals surface area contributed by atoms with Crippen LogP contribution in [0.2, 0.25) is 5.15 Å². The summed E-state index contributed by atoms with van der Waals surface area (Å²) in [6.45, 7) is 4.05. The van der Waals surface area contributed by atoms with E-state index in [2.05, 4.69) is 14.8 Å². The lowest BCUT2D eigenvalue weighted by Gasteiger charge is -2.40. The van der Waals surface area contributed by atoms with Crippen molar-refractivity contribution in [1.82, 2.24) is 24.8 Å². The van der Waals surface area contributed by atoms with Crippen LogP contribution in [-0.2, 0) is 0 Å². The Labute approximate surface area is 208 Å². The normalized spacial score (nSPS) is 33.2. The van der Waals surface area contributed by atoms with Crippen molar-refractivity contribution in [2.75, 3.05) is 44.8 Å². The molecule has 6 heterocycles. The van der Waals surface area contributed by atoms with E-state index in [-0.39, 0.29) is 22.8 Å². The van der Waals surface area contributed by atoms with Gasteiger partial charge in [0.1, 0.15) is 17.9 Å². The number of pyridine rings is 1. The highest BCUT2D eigenvalue weighted by molar-refractivity contribution is 6.32. The molecule has 0 aromatic carbocycles. The molecule has 1 amide bonds. The third-order valence-electron chi connectivity index (χ3n) is 9.01. The summed E-state index contributed by atoms with van der Waals surface area (Å²) in [4.78, 5) is 32.1. The zero-order valence-electron chi connectivity index (χ0n) is 19.7. The fraction of sp³-hybridized carbons (Fsp3) is 0.667. The summed E-state index contributed by atoms with van der Waals surface area (Å²) in [6, 6.07) is 0.199. The number of anilines is 1. The van der Waals surface area contributed by atoms with Gasteiger partial charge in [-0.2, -0.15) is 9.97 Å². The lowest BCUT2D eigenvalue weighted by molar-refractivity contribution is 0.0829. The lowest BCUT2D eigenvalue weighted by atomic mass is 9.92. The zero-order valence-corrected chi connectivity index (χ0v) is 20.4. The Bertz CT molecular complexity index is 1200. The van der Waals surface area contributed by atoms with E-state index in [0.29, 0.717) is 42.8 Å². The van der Waals surface area contributed by atoms with E-state index in [1.54, 1.807) is 18.2 Å². The van der Waals surface area contributed by atoms with Gasteiger partial charge in [0.2, 0.25) is 0 Å². The van der Waals surface area contributed by atoms with Crippen LogP contribution in [0.4, 0.5) is 10.6 Å². The van der Waals surface area contributed by atoms with E-state index in [4.69, 9.17) is 31.0 Å². The average Bonchev–Trinajstić information content (AvgIpc) is 3.27. The van der Waals surface area contributed by atoms with Gasteiger partial charge in [-0.1, -0.05) is 11.6 Å². The molecule has 10 nitrogen and oxygen atoms in total. The molecular weight excluding hydrogens is 472 g/mol. The number of hydrogen-bond donors (Lipinski definition) is 1. The monoisotopic (exact) mass is 500 g/mol. The number of piperidine rings is 1. The number of aromatic nitrogens is 3. The highest BCUT2D eigenvalue weighted by Gasteiger charge is 2.63. The van der Waals surface area contributed by atoms with Gasteiger partial charge in [0.05, 0.1) is 30.1 Å². The molecule has 1 N–H and O–H groups in total. The maximum atomic E-state index is 11.8. The summed E-state index contributed by atoms with van der Waals surface area (Å²) in [7, 11) is 1.55. The number of halogens is 1. The number of fused-ring (bicyclic) bond motifs is 6. The summed E-state index contributed by atoms with van der Waals surface area (Å²) in [6.07, 6.45) is 6.21. The van der Waals surface area contributed by atoms with E-state index in [1.165, 1.54) is 19.4 Å². The third-order valence-corrected chi connectivity index (χ3v) is 9.28. The van der Waals surface area contributed by atoms with E-state index < -0.39 is 6.09 Å². The number of piperazine rings is 1. The first-order valence-corrected chi connectivity index (χ1v) is 12.9. The first-order chi connectivity index (χ1) is 17.0. The minimum atomic E-state index is -0.848. The standard InChI is InChI=1S/C24H29ClN6O4/c1-34-19-18-16(8-26-20(19)25)21(29-10-14-3-4-15(11-29)31(14)23(32)33)28-22(27-18)35-12-24-5-2-6-30(24)9-13-7-17(13)24/h8,13-15,17H,2-7,9-12H2,1H3,(H,32,33)/t13-,14-,15+,17-,24-/m1/s1. The molecule has 11 heteroatoms. The van der Waals surface area contributed by atoms with Crippen molar-refractivity contribution in [2.24, 2.45) is 11.8 Å². The number of nitrogens with zero attached hydrogens (tertiary/aromatic N) is 6. The van der Waals surface area contributed by atoms with Gasteiger partial charge in [-0.25, -0.2) is 9.78 Å². The minimum absolute atomic E-state index is 0.0565. The van der Waals surface area contributed by atoms with Crippen molar-refractivity contribution < 1.29 is 19.4 Å². The highest BCUT2D eigenvalue weighted by atomic mass is 35.5. The van der Waals surface area contributed by atoms with E-state index in [1.807, 2.05) is 0 Å². The molecule has 5 atom stereocenters. The van der Waals surface area contributed by atoms with Crippen molar-refractivity contribution in [2.45, 2.75) is 49.7 Å². The third kappa shape index (κ3) is 3.18. The molecule has 4 saturated heterocycles. The van der Waals surface area contributed by atoms with E-state index in [0.717, 1.165) is 43.0 Å². The molecule has 1 saturated carbocycles. The van der Waals surface area contributed by atoms with Crippen LogP contribution in [0.5, 0.6) is 11.8 Å². The average molecular weight is 501 g/mol. The zero-order chi connectivity index (χ0) is 23.9. The molecule has 0 spiro atoms. The summed E-state index contributed by atoms with van der Waals surface area (Å²) < 4.78 is 12.0. The molecule has 2 aromatic rings. The van der Waals surface area contributed by atoms with Gasteiger partial charge in [0.25, 0.3) is 0 Å². The van der Waals surface area contributed by atoms with Crippen molar-refractivity contribution in [3.8, 4) is 11.8 Å². The Kier molecular flexibility index (Phi) is 4.77. The van der Waals surface area contributed by atoms with Crippen LogP contribution in [0.25, 0.3) is 10.9 Å². The SMILES string of the molecule is COc1c(Cl)ncc2c(N3C[C@H]4CC[C@@H](C3)N4C(=O)O)nc(OC[C@@]34CCCN3C[C@H]3C[C@H]34)nc12. The first-order valence-electron chi connectivity index (χ1n) is 12.5. The molecule has 2 bridgehead atoms. The fourth-order valence-corrected chi connectivity index (χ4v) is 7.60. The van der Waals surface area contributed by atoms with Crippen LogP contribution in [0.15, 0.2) is 6.20 Å². The molecule has 186 valence electrons. The Morgan fingerprint density at radius 1 is 1.26 bits per heavy atom. The van der Waals surface area contributed by atoms with Crippen molar-refractivity contribution in [1.29, 1.82) is 0 Å². The van der Waals surface area contributed by atoms with Crippen molar-refractivity contribution >= 4 is 34.4 Å². The summed E-state index contributed by atoms with van der Waals surface area (Å²) in [5.74, 6) is 2.63. The number of carbonyl (C=O) groups is 1. The molecule has 0 radical (unpaired) electrons. The summed E-state index contributed by atoms with van der Waals surface area (Å²) >= 11 is 6.35. The predicted octanol–water partition coefficient (Wildman–Crippen LogP) is 2.88. The van der Waals surface area contributed by atoms with E-state index in [9.17, 15) is 9.90 Å². The number of carboxylic acid groups (broad SMARTS) is 1. The van der Waals surface area contributed by atoms with Crippen molar-refractivity contribution in [3.05, 3.63) is 11.3 Å². The number of rotatable bonds is 5. The Morgan fingerprint density at radius 3 is 2.80 bits per heavy atom. The Morgan fingerprint density at radius 2 is 2.06 bits per heavy atom. The lowest BCUT2D eigenvalue weighted by Crippen LogP contribution is -2.55. The largest absolute Gasteiger partial charge is 0.491 e. The maximum Gasteiger partial charge on any atom is 0.407 e. The Hall–Kier alpha value is -2.59. The molecule has 2 aromatic heterocycles. The molecule has 5 aliphatic rings. The number of hydrogen-bond acceptors (Lipinski definition) is 8. The Balaban J connectivity index is 1.25. The molecule has 1 aliphatic carbocycles. The molecule has 0 unspecified atom stereocenters.